The molecule has 12 heavy (non-hydrogen) atoms. The molecule has 0 radical (unpaired) electrons. The van der Waals surface area contributed by atoms with Crippen molar-refractivity contribution in [2.45, 2.75) is 0 Å². The molecule has 1 aromatic rings. The molecule has 0 atom stereocenters. The molecule has 0 saturated carbocycles. The Labute approximate surface area is 70.1 Å². The van der Waals surface area contributed by atoms with E-state index in [0.29, 0.717) is 16.9 Å². The Morgan fingerprint density at radius 3 is 2.83 bits per heavy atom. The SMILES string of the molecule is N#CC=Cc1cncc(N)c1N. The molecule has 60 valence electrons. The molecule has 0 bridgehead atoms. The predicted molar refractivity (Wildman–Crippen MR) is 47.7 cm³/mol. The second kappa shape index (κ2) is 3.39. The zero-order valence-corrected chi connectivity index (χ0v) is 6.36. The molecule has 0 spiro atoms. The van der Waals surface area contributed by atoms with Crippen LogP contribution in [0.25, 0.3) is 6.08 Å². The Balaban J connectivity index is 3.10. The number of anilines is 2. The van der Waals surface area contributed by atoms with Crippen LogP contribution < -0.4 is 11.5 Å². The lowest BCUT2D eigenvalue weighted by molar-refractivity contribution is 1.32. The highest BCUT2D eigenvalue weighted by atomic mass is 14.7. The van der Waals surface area contributed by atoms with Gasteiger partial charge < -0.3 is 11.5 Å². The van der Waals surface area contributed by atoms with Crippen LogP contribution in [0.15, 0.2) is 18.5 Å². The molecule has 4 N–H and O–H groups in total. The van der Waals surface area contributed by atoms with Gasteiger partial charge in [-0.3, -0.25) is 4.98 Å². The molecular weight excluding hydrogens is 152 g/mol. The molecule has 0 fully saturated rings. The summed E-state index contributed by atoms with van der Waals surface area (Å²) >= 11 is 0. The van der Waals surface area contributed by atoms with E-state index in [0.717, 1.165) is 0 Å². The summed E-state index contributed by atoms with van der Waals surface area (Å²) in [6.07, 6.45) is 5.92. The van der Waals surface area contributed by atoms with E-state index in [4.69, 9.17) is 16.7 Å². The fourth-order valence-corrected chi connectivity index (χ4v) is 0.763. The van der Waals surface area contributed by atoms with Gasteiger partial charge in [-0.05, 0) is 6.08 Å². The lowest BCUT2D eigenvalue weighted by atomic mass is 10.2. The maximum atomic E-state index is 8.26. The van der Waals surface area contributed by atoms with Gasteiger partial charge in [0.25, 0.3) is 0 Å². The molecule has 0 saturated heterocycles. The van der Waals surface area contributed by atoms with Gasteiger partial charge in [-0.25, -0.2) is 0 Å². The first-order valence-corrected chi connectivity index (χ1v) is 3.31. The predicted octanol–water partition coefficient (Wildman–Crippen LogP) is 0.783. The topological polar surface area (TPSA) is 88.7 Å². The zero-order chi connectivity index (χ0) is 8.97. The minimum absolute atomic E-state index is 0.426. The Bertz CT molecular complexity index is 349. The highest BCUT2D eigenvalue weighted by Crippen LogP contribution is 2.18. The Morgan fingerprint density at radius 2 is 2.17 bits per heavy atom. The van der Waals surface area contributed by atoms with Crippen LogP contribution in [0.4, 0.5) is 11.4 Å². The lowest BCUT2D eigenvalue weighted by Gasteiger charge is -2.01. The van der Waals surface area contributed by atoms with Crippen molar-refractivity contribution in [2.75, 3.05) is 11.5 Å². The first-order chi connectivity index (χ1) is 5.75. The van der Waals surface area contributed by atoms with E-state index >= 15 is 0 Å². The van der Waals surface area contributed by atoms with Crippen molar-refractivity contribution in [2.24, 2.45) is 0 Å². The van der Waals surface area contributed by atoms with Crippen LogP contribution in [-0.4, -0.2) is 4.98 Å². The van der Waals surface area contributed by atoms with Crippen molar-refractivity contribution < 1.29 is 0 Å². The molecule has 0 aliphatic heterocycles. The molecule has 0 aromatic carbocycles. The normalized spacial score (nSPS) is 9.92. The van der Waals surface area contributed by atoms with Crippen molar-refractivity contribution in [1.82, 2.24) is 4.98 Å². The number of nitriles is 1. The van der Waals surface area contributed by atoms with Crippen LogP contribution in [0.5, 0.6) is 0 Å². The number of nitrogens with zero attached hydrogens (tertiary/aromatic N) is 2. The first-order valence-electron chi connectivity index (χ1n) is 3.31. The second-order valence-corrected chi connectivity index (χ2v) is 2.19. The van der Waals surface area contributed by atoms with Gasteiger partial charge >= 0.3 is 0 Å². The van der Waals surface area contributed by atoms with Gasteiger partial charge in [0.2, 0.25) is 0 Å². The van der Waals surface area contributed by atoms with Gasteiger partial charge in [-0.1, -0.05) is 0 Å². The molecule has 1 rings (SSSR count). The highest BCUT2D eigenvalue weighted by Gasteiger charge is 1.97. The van der Waals surface area contributed by atoms with E-state index in [1.807, 2.05) is 6.07 Å². The summed E-state index contributed by atoms with van der Waals surface area (Å²) in [5, 5.41) is 8.26. The third kappa shape index (κ3) is 1.52. The van der Waals surface area contributed by atoms with Crippen molar-refractivity contribution in [3.05, 3.63) is 24.0 Å². The molecular formula is C8H8N4. The second-order valence-electron chi connectivity index (χ2n) is 2.19. The summed E-state index contributed by atoms with van der Waals surface area (Å²) in [4.78, 5) is 3.83. The van der Waals surface area contributed by atoms with E-state index in [-0.39, 0.29) is 0 Å². The van der Waals surface area contributed by atoms with Crippen molar-refractivity contribution in [1.29, 1.82) is 5.26 Å². The summed E-state index contributed by atoms with van der Waals surface area (Å²) in [7, 11) is 0. The number of rotatable bonds is 1. The summed E-state index contributed by atoms with van der Waals surface area (Å²) in [6, 6.07) is 1.86. The fraction of sp³-hybridized carbons (Fsp3) is 0. The van der Waals surface area contributed by atoms with E-state index in [2.05, 4.69) is 4.98 Å². The average molecular weight is 160 g/mol. The molecule has 0 aliphatic carbocycles. The van der Waals surface area contributed by atoms with Crippen molar-refractivity contribution in [3.8, 4) is 6.07 Å². The van der Waals surface area contributed by atoms with Crippen LogP contribution in [0.3, 0.4) is 0 Å². The quantitative estimate of drug-likeness (QED) is 0.594. The molecule has 4 nitrogen and oxygen atoms in total. The fourth-order valence-electron chi connectivity index (χ4n) is 0.763. The summed E-state index contributed by atoms with van der Waals surface area (Å²) in [6.45, 7) is 0. The smallest absolute Gasteiger partial charge is 0.0912 e. The number of hydrogen-bond acceptors (Lipinski definition) is 4. The van der Waals surface area contributed by atoms with Crippen molar-refractivity contribution in [3.63, 3.8) is 0 Å². The van der Waals surface area contributed by atoms with Crippen LogP contribution >= 0.6 is 0 Å². The maximum absolute atomic E-state index is 8.26. The highest BCUT2D eigenvalue weighted by molar-refractivity contribution is 5.74. The summed E-state index contributed by atoms with van der Waals surface area (Å²) in [5.74, 6) is 0. The van der Waals surface area contributed by atoms with E-state index in [9.17, 15) is 0 Å². The number of allylic oxidation sites excluding steroid dienone is 1. The van der Waals surface area contributed by atoms with Crippen LogP contribution in [0, 0.1) is 11.3 Å². The van der Waals surface area contributed by atoms with Gasteiger partial charge in [0.05, 0.1) is 23.6 Å². The van der Waals surface area contributed by atoms with Gasteiger partial charge in [0.15, 0.2) is 0 Å². The summed E-state index contributed by atoms with van der Waals surface area (Å²) in [5.41, 5.74) is 12.6. The Hall–Kier alpha value is -2.02. The minimum Gasteiger partial charge on any atom is -0.396 e. The van der Waals surface area contributed by atoms with E-state index in [1.54, 1.807) is 12.3 Å². The average Bonchev–Trinajstić information content (AvgIpc) is 2.08. The first kappa shape index (κ1) is 8.08. The Kier molecular flexibility index (Phi) is 2.29. The van der Waals surface area contributed by atoms with Gasteiger partial charge in [-0.15, -0.1) is 0 Å². The summed E-state index contributed by atoms with van der Waals surface area (Å²) < 4.78 is 0. The van der Waals surface area contributed by atoms with Gasteiger partial charge in [-0.2, -0.15) is 5.26 Å². The monoisotopic (exact) mass is 160 g/mol. The number of nitrogens with two attached hydrogens (primary N) is 2. The van der Waals surface area contributed by atoms with Gasteiger partial charge in [0, 0.05) is 17.8 Å². The largest absolute Gasteiger partial charge is 0.396 e. The lowest BCUT2D eigenvalue weighted by Crippen LogP contribution is -1.97. The number of nitrogen functional groups attached to an aromatic ring is 2. The molecule has 1 heterocycles. The molecule has 1 aromatic heterocycles. The number of pyridine rings is 1. The standard InChI is InChI=1S/C8H8N4/c9-3-1-2-6-4-12-5-7(10)8(6)11/h1-2,4-5H,10H2,(H2,11,12). The van der Waals surface area contributed by atoms with Crippen LogP contribution in [-0.2, 0) is 0 Å². The maximum Gasteiger partial charge on any atom is 0.0912 e. The minimum atomic E-state index is 0.426. The number of hydrogen-bond donors (Lipinski definition) is 2. The van der Waals surface area contributed by atoms with Crippen LogP contribution in [0.1, 0.15) is 5.56 Å². The van der Waals surface area contributed by atoms with Crippen LogP contribution in [0.2, 0.25) is 0 Å². The third-order valence-corrected chi connectivity index (χ3v) is 1.39. The zero-order valence-electron chi connectivity index (χ0n) is 6.36. The Morgan fingerprint density at radius 1 is 1.42 bits per heavy atom. The van der Waals surface area contributed by atoms with Gasteiger partial charge in [0.1, 0.15) is 0 Å². The molecule has 4 heteroatoms. The number of aromatic nitrogens is 1. The van der Waals surface area contributed by atoms with E-state index < -0.39 is 0 Å². The molecule has 0 unspecified atom stereocenters. The van der Waals surface area contributed by atoms with Crippen molar-refractivity contribution >= 4 is 17.5 Å². The van der Waals surface area contributed by atoms with E-state index in [1.165, 1.54) is 12.3 Å². The molecule has 0 amide bonds. The molecule has 0 aliphatic rings. The third-order valence-electron chi connectivity index (χ3n) is 1.39.